The highest BCUT2D eigenvalue weighted by atomic mass is 32.1. The van der Waals surface area contributed by atoms with Crippen LogP contribution in [0.1, 0.15) is 5.56 Å². The Kier molecular flexibility index (Phi) is 2.27. The highest BCUT2D eigenvalue weighted by Gasteiger charge is 2.25. The molecule has 2 aromatic carbocycles. The molecule has 0 saturated heterocycles. The van der Waals surface area contributed by atoms with Gasteiger partial charge in [0.05, 0.1) is 5.56 Å². The highest BCUT2D eigenvalue weighted by Crippen LogP contribution is 2.41. The van der Waals surface area contributed by atoms with E-state index in [9.17, 15) is 0 Å². The number of pyridine rings is 1. The molecule has 0 fully saturated rings. The lowest BCUT2D eigenvalue weighted by Gasteiger charge is -2.15. The molecule has 2 aromatic heterocycles. The van der Waals surface area contributed by atoms with Gasteiger partial charge in [-0.2, -0.15) is 4.57 Å². The first-order valence-electron chi connectivity index (χ1n) is 7.34. The summed E-state index contributed by atoms with van der Waals surface area (Å²) in [5, 5.41) is 2.78. The molecular formula is C19H14NS+. The van der Waals surface area contributed by atoms with E-state index in [1.807, 2.05) is 11.3 Å². The molecule has 2 heteroatoms. The lowest BCUT2D eigenvalue weighted by Crippen LogP contribution is -2.39. The molecule has 0 atom stereocenters. The van der Waals surface area contributed by atoms with Gasteiger partial charge in [-0.1, -0.05) is 30.3 Å². The lowest BCUT2D eigenvalue weighted by molar-refractivity contribution is -0.687. The molecule has 0 aliphatic carbocycles. The van der Waals surface area contributed by atoms with Crippen molar-refractivity contribution in [1.82, 2.24) is 0 Å². The molecule has 0 saturated carbocycles. The van der Waals surface area contributed by atoms with Crippen LogP contribution in [-0.4, -0.2) is 0 Å². The van der Waals surface area contributed by atoms with Crippen molar-refractivity contribution in [2.75, 3.05) is 0 Å². The number of nitrogens with zero attached hydrogens (tertiary/aromatic N) is 1. The van der Waals surface area contributed by atoms with Gasteiger partial charge in [-0.05, 0) is 17.7 Å². The third kappa shape index (κ3) is 1.54. The highest BCUT2D eigenvalue weighted by molar-refractivity contribution is 7.26. The molecular weight excluding hydrogens is 274 g/mol. The molecule has 0 radical (unpaired) electrons. The summed E-state index contributed by atoms with van der Waals surface area (Å²) in [6, 6.07) is 19.9. The number of aromatic nitrogens is 1. The van der Waals surface area contributed by atoms with Crippen LogP contribution in [0.2, 0.25) is 0 Å². The molecule has 0 bridgehead atoms. The zero-order chi connectivity index (χ0) is 13.8. The maximum absolute atomic E-state index is 2.38. The second kappa shape index (κ2) is 4.15. The smallest absolute Gasteiger partial charge is 0.198 e. The minimum Gasteiger partial charge on any atom is -0.198 e. The molecule has 1 aliphatic heterocycles. The summed E-state index contributed by atoms with van der Waals surface area (Å²) >= 11 is 1.93. The van der Waals surface area contributed by atoms with Crippen LogP contribution in [0.3, 0.4) is 0 Å². The minimum absolute atomic E-state index is 1.08. The van der Waals surface area contributed by atoms with Crippen LogP contribution in [0.5, 0.6) is 0 Å². The average molecular weight is 288 g/mol. The average Bonchev–Trinajstić information content (AvgIpc) is 2.93. The number of benzene rings is 2. The molecule has 0 unspecified atom stereocenters. The van der Waals surface area contributed by atoms with Gasteiger partial charge in [0.1, 0.15) is 0 Å². The normalized spacial score (nSPS) is 13.3. The number of rotatable bonds is 0. The van der Waals surface area contributed by atoms with Crippen LogP contribution >= 0.6 is 11.3 Å². The number of aryl methyl sites for hydroxylation is 2. The number of fused-ring (bicyclic) bond motifs is 7. The first-order chi connectivity index (χ1) is 10.4. The van der Waals surface area contributed by atoms with Gasteiger partial charge in [-0.25, -0.2) is 0 Å². The molecule has 100 valence electrons. The first-order valence-corrected chi connectivity index (χ1v) is 8.15. The number of hydrogen-bond donors (Lipinski definition) is 0. The molecule has 5 rings (SSSR count). The number of hydrogen-bond acceptors (Lipinski definition) is 1. The Hall–Kier alpha value is -2.19. The lowest BCUT2D eigenvalue weighted by atomic mass is 9.95. The molecule has 1 aliphatic rings. The second-order valence-electron chi connectivity index (χ2n) is 5.60. The fraction of sp³-hybridized carbons (Fsp3) is 0.105. The first kappa shape index (κ1) is 11.5. The van der Waals surface area contributed by atoms with E-state index in [1.165, 1.54) is 37.0 Å². The van der Waals surface area contributed by atoms with Gasteiger partial charge in [0.2, 0.25) is 5.69 Å². The molecule has 3 heterocycles. The summed E-state index contributed by atoms with van der Waals surface area (Å²) in [4.78, 5) is 0. The fourth-order valence-corrected chi connectivity index (χ4v) is 4.74. The molecule has 0 N–H and O–H groups in total. The van der Waals surface area contributed by atoms with Gasteiger partial charge in [0.15, 0.2) is 12.7 Å². The molecule has 0 amide bonds. The van der Waals surface area contributed by atoms with Gasteiger partial charge < -0.3 is 0 Å². The van der Waals surface area contributed by atoms with Crippen molar-refractivity contribution in [2.24, 2.45) is 0 Å². The van der Waals surface area contributed by atoms with Crippen LogP contribution in [0, 0.1) is 0 Å². The Morgan fingerprint density at radius 2 is 1.76 bits per heavy atom. The second-order valence-corrected chi connectivity index (χ2v) is 6.66. The van der Waals surface area contributed by atoms with Gasteiger partial charge in [-0.15, -0.1) is 11.3 Å². The van der Waals surface area contributed by atoms with Crippen LogP contribution in [0.15, 0.2) is 60.8 Å². The van der Waals surface area contributed by atoms with E-state index in [0.717, 1.165) is 13.0 Å². The van der Waals surface area contributed by atoms with E-state index in [4.69, 9.17) is 0 Å². The Bertz CT molecular complexity index is 997. The molecule has 1 nitrogen and oxygen atoms in total. The third-order valence-corrected chi connectivity index (χ3v) is 5.66. The largest absolute Gasteiger partial charge is 0.214 e. The standard InChI is InChI=1S/C19H14NS/c1-2-7-17-14(5-1)15-9-8-13-10-12-20-11-4-3-6-16(20)18(13)19(15)21-17/h1-9,11H,10,12H2/q+1. The van der Waals surface area contributed by atoms with Crippen LogP contribution in [0.25, 0.3) is 31.4 Å². The van der Waals surface area contributed by atoms with E-state index >= 15 is 0 Å². The summed E-state index contributed by atoms with van der Waals surface area (Å²) in [6.07, 6.45) is 3.33. The topological polar surface area (TPSA) is 3.88 Å². The van der Waals surface area contributed by atoms with Crippen molar-refractivity contribution < 1.29 is 4.57 Å². The van der Waals surface area contributed by atoms with Crippen molar-refractivity contribution in [3.63, 3.8) is 0 Å². The van der Waals surface area contributed by atoms with Gasteiger partial charge in [0, 0.05) is 38.7 Å². The van der Waals surface area contributed by atoms with Gasteiger partial charge in [0.25, 0.3) is 0 Å². The monoisotopic (exact) mass is 288 g/mol. The van der Waals surface area contributed by atoms with E-state index in [1.54, 1.807) is 0 Å². The van der Waals surface area contributed by atoms with E-state index < -0.39 is 0 Å². The molecule has 4 aromatic rings. The van der Waals surface area contributed by atoms with Gasteiger partial charge >= 0.3 is 0 Å². The van der Waals surface area contributed by atoms with Crippen molar-refractivity contribution in [2.45, 2.75) is 13.0 Å². The Morgan fingerprint density at radius 1 is 0.857 bits per heavy atom. The summed E-state index contributed by atoms with van der Waals surface area (Å²) in [6.45, 7) is 1.08. The van der Waals surface area contributed by atoms with E-state index in [0.29, 0.717) is 0 Å². The fourth-order valence-electron chi connectivity index (χ4n) is 3.46. The summed E-state index contributed by atoms with van der Waals surface area (Å²) in [7, 11) is 0. The summed E-state index contributed by atoms with van der Waals surface area (Å²) < 4.78 is 5.20. The predicted octanol–water partition coefficient (Wildman–Crippen LogP) is 4.57. The quantitative estimate of drug-likeness (QED) is 0.417. The Balaban J connectivity index is 1.98. The molecule has 0 spiro atoms. The van der Waals surface area contributed by atoms with Crippen LogP contribution < -0.4 is 4.57 Å². The van der Waals surface area contributed by atoms with Gasteiger partial charge in [-0.3, -0.25) is 0 Å². The van der Waals surface area contributed by atoms with Crippen LogP contribution in [-0.2, 0) is 13.0 Å². The maximum atomic E-state index is 2.38. The Morgan fingerprint density at radius 3 is 2.76 bits per heavy atom. The maximum Gasteiger partial charge on any atom is 0.214 e. The minimum atomic E-state index is 1.08. The van der Waals surface area contributed by atoms with Crippen LogP contribution in [0.4, 0.5) is 0 Å². The summed E-state index contributed by atoms with van der Waals surface area (Å²) in [5.41, 5.74) is 4.29. The number of thiophene rings is 1. The van der Waals surface area contributed by atoms with Crippen molar-refractivity contribution in [3.05, 3.63) is 66.4 Å². The van der Waals surface area contributed by atoms with Crippen molar-refractivity contribution >= 4 is 31.5 Å². The van der Waals surface area contributed by atoms with E-state index in [-0.39, 0.29) is 0 Å². The predicted molar refractivity (Wildman–Crippen MR) is 88.7 cm³/mol. The Labute approximate surface area is 127 Å². The third-order valence-electron chi connectivity index (χ3n) is 4.45. The zero-order valence-corrected chi connectivity index (χ0v) is 12.4. The summed E-state index contributed by atoms with van der Waals surface area (Å²) in [5.74, 6) is 0. The van der Waals surface area contributed by atoms with Crippen molar-refractivity contribution in [3.8, 4) is 11.3 Å². The van der Waals surface area contributed by atoms with Crippen molar-refractivity contribution in [1.29, 1.82) is 0 Å². The molecule has 21 heavy (non-hydrogen) atoms. The SMILES string of the molecule is c1cc[n+]2c(c1)-c1c(ccc3c1sc1ccccc13)CC2. The zero-order valence-electron chi connectivity index (χ0n) is 11.5. The van der Waals surface area contributed by atoms with E-state index in [2.05, 4.69) is 65.4 Å².